The van der Waals surface area contributed by atoms with E-state index in [4.69, 9.17) is 11.2 Å². The summed E-state index contributed by atoms with van der Waals surface area (Å²) in [6.07, 6.45) is -5.35. The molecule has 68 valence electrons. The van der Waals surface area contributed by atoms with Crippen LogP contribution in [0.25, 0.3) is 0 Å². The van der Waals surface area contributed by atoms with Crippen molar-refractivity contribution in [2.45, 2.75) is 12.5 Å². The van der Waals surface area contributed by atoms with Crippen LogP contribution >= 0.6 is 18.5 Å². The predicted octanol–water partition coefficient (Wildman–Crippen LogP) is 1.97. The molecular weight excluding hydrogens is 214 g/mol. The van der Waals surface area contributed by atoms with Gasteiger partial charge >= 0.3 is 13.4 Å². The molecule has 0 spiro atoms. The summed E-state index contributed by atoms with van der Waals surface area (Å²) in [5.41, 5.74) is 0. The summed E-state index contributed by atoms with van der Waals surface area (Å²) in [6.45, 7) is -0.421. The van der Waals surface area contributed by atoms with E-state index >= 15 is 0 Å². The molecule has 1 saturated heterocycles. The molecule has 1 aliphatic rings. The molecule has 0 aromatic rings. The summed E-state index contributed by atoms with van der Waals surface area (Å²) in [5, 5.41) is 0. The summed E-state index contributed by atoms with van der Waals surface area (Å²) >= 11 is 5.04. The van der Waals surface area contributed by atoms with Gasteiger partial charge in [0.25, 0.3) is 6.43 Å². The molecule has 1 heterocycles. The lowest BCUT2D eigenvalue weighted by Gasteiger charge is -2.02. The fraction of sp³-hybridized carbons (Fsp3) is 0.750. The van der Waals surface area contributed by atoms with E-state index in [1.54, 1.807) is 0 Å². The highest BCUT2D eigenvalue weighted by Gasteiger charge is 2.46. The van der Waals surface area contributed by atoms with Crippen molar-refractivity contribution < 1.29 is 22.9 Å². The van der Waals surface area contributed by atoms with Crippen molar-refractivity contribution in [3.63, 3.8) is 0 Å². The smallest absolute Gasteiger partial charge is 0.435 e. The van der Waals surface area contributed by atoms with Crippen molar-refractivity contribution >= 4 is 24.6 Å². The molecule has 1 rings (SSSR count). The standard InChI is InChI=1S/C4H4ClF2NO3P/c5-12(10)8-1-2(3(6)7)11-4(8)9/h2-3H,1H2/q+1. The first-order valence-corrected chi connectivity index (χ1v) is 5.03. The van der Waals surface area contributed by atoms with E-state index in [1.807, 2.05) is 0 Å². The van der Waals surface area contributed by atoms with Crippen LogP contribution in [0.1, 0.15) is 0 Å². The van der Waals surface area contributed by atoms with Crippen LogP contribution in [0.5, 0.6) is 0 Å². The average Bonchev–Trinajstić information content (AvgIpc) is 2.30. The van der Waals surface area contributed by atoms with Gasteiger partial charge in [0.2, 0.25) is 11.2 Å². The predicted molar refractivity (Wildman–Crippen MR) is 36.4 cm³/mol. The second kappa shape index (κ2) is 3.49. The van der Waals surface area contributed by atoms with Crippen molar-refractivity contribution in [1.82, 2.24) is 4.67 Å². The Hall–Kier alpha value is -0.480. The third-order valence-electron chi connectivity index (χ3n) is 1.29. The molecule has 0 N–H and O–H groups in total. The van der Waals surface area contributed by atoms with Crippen molar-refractivity contribution in [3.8, 4) is 0 Å². The number of amides is 1. The minimum atomic E-state index is -2.77. The third kappa shape index (κ3) is 1.81. The van der Waals surface area contributed by atoms with Crippen LogP contribution in [0.2, 0.25) is 0 Å². The van der Waals surface area contributed by atoms with Gasteiger partial charge in [0, 0.05) is 0 Å². The largest absolute Gasteiger partial charge is 0.590 e. The van der Waals surface area contributed by atoms with Gasteiger partial charge in [0.1, 0.15) is 6.54 Å². The summed E-state index contributed by atoms with van der Waals surface area (Å²) < 4.78 is 39.1. The normalized spacial score (nSPS) is 24.7. The highest BCUT2D eigenvalue weighted by atomic mass is 35.7. The molecule has 0 aromatic heterocycles. The quantitative estimate of drug-likeness (QED) is 0.666. The highest BCUT2D eigenvalue weighted by Crippen LogP contribution is 2.37. The lowest BCUT2D eigenvalue weighted by molar-refractivity contribution is 0.0105. The SMILES string of the molecule is O=C1OC(C(F)F)CN1[P+](=O)Cl. The van der Waals surface area contributed by atoms with E-state index < -0.39 is 32.5 Å². The Morgan fingerprint density at radius 1 is 1.75 bits per heavy atom. The molecule has 12 heavy (non-hydrogen) atoms. The van der Waals surface area contributed by atoms with Gasteiger partial charge in [-0.2, -0.15) is 0 Å². The van der Waals surface area contributed by atoms with Crippen LogP contribution in [0, 0.1) is 0 Å². The van der Waals surface area contributed by atoms with E-state index in [1.165, 1.54) is 0 Å². The Kier molecular flexibility index (Phi) is 2.80. The number of carbonyl (C=O) groups is 1. The monoisotopic (exact) mass is 218 g/mol. The summed E-state index contributed by atoms with van der Waals surface area (Å²) in [5.74, 6) is 0. The Morgan fingerprint density at radius 3 is 2.58 bits per heavy atom. The van der Waals surface area contributed by atoms with Crippen LogP contribution in [-0.4, -0.2) is 29.8 Å². The van der Waals surface area contributed by atoms with Crippen molar-refractivity contribution in [3.05, 3.63) is 0 Å². The topological polar surface area (TPSA) is 46.6 Å². The fourth-order valence-electron chi connectivity index (χ4n) is 0.732. The van der Waals surface area contributed by atoms with Crippen molar-refractivity contribution in [2.75, 3.05) is 6.54 Å². The minimum absolute atomic E-state index is 0.421. The zero-order valence-corrected chi connectivity index (χ0v) is 7.27. The van der Waals surface area contributed by atoms with Crippen LogP contribution in [0.15, 0.2) is 0 Å². The third-order valence-corrected chi connectivity index (χ3v) is 2.54. The lowest BCUT2D eigenvalue weighted by Crippen LogP contribution is -2.22. The number of carbonyl (C=O) groups excluding carboxylic acids is 1. The second-order valence-electron chi connectivity index (χ2n) is 2.07. The highest BCUT2D eigenvalue weighted by molar-refractivity contribution is 7.72. The molecule has 0 aromatic carbocycles. The molecule has 0 aliphatic carbocycles. The van der Waals surface area contributed by atoms with Gasteiger partial charge in [-0.05, 0) is 4.57 Å². The maximum absolute atomic E-state index is 11.9. The number of halogens is 3. The molecule has 0 saturated carbocycles. The Morgan fingerprint density at radius 2 is 2.33 bits per heavy atom. The number of alkyl halides is 2. The average molecular weight is 219 g/mol. The molecule has 1 aliphatic heterocycles. The summed E-state index contributed by atoms with van der Waals surface area (Å²) in [4.78, 5) is 10.6. The molecule has 0 bridgehead atoms. The second-order valence-corrected chi connectivity index (χ2v) is 3.87. The summed E-state index contributed by atoms with van der Waals surface area (Å²) in [6, 6.07) is 0. The number of hydrogen-bond acceptors (Lipinski definition) is 3. The van der Waals surface area contributed by atoms with Crippen LogP contribution in [0.4, 0.5) is 13.6 Å². The molecule has 1 amide bonds. The van der Waals surface area contributed by atoms with Gasteiger partial charge in [0.05, 0.1) is 0 Å². The van der Waals surface area contributed by atoms with Crippen molar-refractivity contribution in [1.29, 1.82) is 0 Å². The fourth-order valence-corrected chi connectivity index (χ4v) is 1.57. The number of rotatable bonds is 2. The first-order valence-electron chi connectivity index (χ1n) is 2.91. The molecule has 8 heteroatoms. The van der Waals surface area contributed by atoms with E-state index in [0.29, 0.717) is 4.67 Å². The first-order chi connectivity index (χ1) is 5.52. The number of nitrogens with zero attached hydrogens (tertiary/aromatic N) is 1. The first kappa shape index (κ1) is 9.61. The maximum atomic E-state index is 11.9. The molecule has 0 radical (unpaired) electrons. The molecular formula is C4H4ClF2NO3P+. The van der Waals surface area contributed by atoms with Crippen LogP contribution in [0.3, 0.4) is 0 Å². The Labute approximate surface area is 72.1 Å². The van der Waals surface area contributed by atoms with E-state index in [9.17, 15) is 18.1 Å². The number of cyclic esters (lactones) is 1. The molecule has 1 fully saturated rings. The lowest BCUT2D eigenvalue weighted by atomic mass is 10.4. The van der Waals surface area contributed by atoms with Crippen molar-refractivity contribution in [2.24, 2.45) is 0 Å². The van der Waals surface area contributed by atoms with Gasteiger partial charge in [-0.15, -0.1) is 0 Å². The summed E-state index contributed by atoms with van der Waals surface area (Å²) in [7, 11) is -2.44. The molecule has 4 nitrogen and oxygen atoms in total. The van der Waals surface area contributed by atoms with E-state index in [0.717, 1.165) is 0 Å². The zero-order chi connectivity index (χ0) is 9.30. The minimum Gasteiger partial charge on any atom is -0.435 e. The van der Waals surface area contributed by atoms with Gasteiger partial charge in [-0.1, -0.05) is 4.67 Å². The molecule has 2 unspecified atom stereocenters. The van der Waals surface area contributed by atoms with E-state index in [-0.39, 0.29) is 0 Å². The van der Waals surface area contributed by atoms with E-state index in [2.05, 4.69) is 4.74 Å². The van der Waals surface area contributed by atoms with Gasteiger partial charge in [-0.3, -0.25) is 0 Å². The van der Waals surface area contributed by atoms with Crippen LogP contribution < -0.4 is 0 Å². The Bertz CT molecular complexity index is 226. The Balaban J connectivity index is 2.62. The van der Waals surface area contributed by atoms with Gasteiger partial charge in [0.15, 0.2) is 6.10 Å². The van der Waals surface area contributed by atoms with Gasteiger partial charge < -0.3 is 4.74 Å². The molecule has 2 atom stereocenters. The number of ether oxygens (including phenoxy) is 1. The zero-order valence-electron chi connectivity index (χ0n) is 5.61. The maximum Gasteiger partial charge on any atom is 0.590 e. The van der Waals surface area contributed by atoms with Crippen LogP contribution in [-0.2, 0) is 9.30 Å². The van der Waals surface area contributed by atoms with Gasteiger partial charge in [-0.25, -0.2) is 13.6 Å². The number of hydrogen-bond donors (Lipinski definition) is 0.